The fraction of sp³-hybridized carbons (Fsp3) is 0.0667. The van der Waals surface area contributed by atoms with Crippen LogP contribution < -0.4 is 10.1 Å². The van der Waals surface area contributed by atoms with Crippen LogP contribution in [0.3, 0.4) is 0 Å². The Morgan fingerprint density at radius 2 is 1.80 bits per heavy atom. The highest BCUT2D eigenvalue weighted by molar-refractivity contribution is 5.92. The molecule has 0 aromatic heterocycles. The highest BCUT2D eigenvalue weighted by Crippen LogP contribution is 2.13. The molecule has 2 aromatic carbocycles. The van der Waals surface area contributed by atoms with Gasteiger partial charge in [-0.15, -0.1) is 0 Å². The number of nitrogens with one attached hydrogen (secondary N) is 1. The minimum Gasteiger partial charge on any atom is -0.484 e. The van der Waals surface area contributed by atoms with E-state index in [0.717, 1.165) is 0 Å². The van der Waals surface area contributed by atoms with E-state index in [1.54, 1.807) is 24.3 Å². The van der Waals surface area contributed by atoms with E-state index >= 15 is 0 Å². The van der Waals surface area contributed by atoms with Crippen LogP contribution in [0.1, 0.15) is 10.4 Å². The molecule has 0 spiro atoms. The van der Waals surface area contributed by atoms with Gasteiger partial charge in [0, 0.05) is 5.69 Å². The lowest BCUT2D eigenvalue weighted by Gasteiger charge is -2.07. The number of anilines is 1. The van der Waals surface area contributed by atoms with Gasteiger partial charge in [-0.1, -0.05) is 24.3 Å². The van der Waals surface area contributed by atoms with Crippen molar-refractivity contribution >= 4 is 17.6 Å². The Bertz CT molecular complexity index is 610. The van der Waals surface area contributed by atoms with Gasteiger partial charge in [0.2, 0.25) is 0 Å². The van der Waals surface area contributed by atoms with E-state index in [1.165, 1.54) is 12.1 Å². The SMILES string of the molecule is O=C(COc1cccc(C(=O)O)c1)Nc1ccccc1. The zero-order valence-electron chi connectivity index (χ0n) is 10.6. The maximum absolute atomic E-state index is 11.7. The third-order valence-electron chi connectivity index (χ3n) is 2.51. The van der Waals surface area contributed by atoms with Crippen LogP contribution in [0.15, 0.2) is 54.6 Å². The number of rotatable bonds is 5. The summed E-state index contributed by atoms with van der Waals surface area (Å²) in [5.74, 6) is -1.01. The molecule has 0 saturated carbocycles. The molecule has 0 aliphatic rings. The summed E-state index contributed by atoms with van der Waals surface area (Å²) in [4.78, 5) is 22.4. The lowest BCUT2D eigenvalue weighted by molar-refractivity contribution is -0.118. The van der Waals surface area contributed by atoms with E-state index in [-0.39, 0.29) is 18.1 Å². The van der Waals surface area contributed by atoms with Crippen molar-refractivity contribution < 1.29 is 19.4 Å². The first-order chi connectivity index (χ1) is 9.65. The largest absolute Gasteiger partial charge is 0.484 e. The zero-order chi connectivity index (χ0) is 14.4. The van der Waals surface area contributed by atoms with Crippen molar-refractivity contribution in [2.24, 2.45) is 0 Å². The minimum atomic E-state index is -1.04. The average Bonchev–Trinajstić information content (AvgIpc) is 2.46. The third kappa shape index (κ3) is 3.84. The van der Waals surface area contributed by atoms with Crippen LogP contribution in [0, 0.1) is 0 Å². The molecule has 2 aromatic rings. The van der Waals surface area contributed by atoms with E-state index in [1.807, 2.05) is 18.2 Å². The van der Waals surface area contributed by atoms with Gasteiger partial charge in [-0.3, -0.25) is 4.79 Å². The maximum atomic E-state index is 11.7. The molecule has 2 rings (SSSR count). The number of amides is 1. The van der Waals surface area contributed by atoms with Crippen LogP contribution in [-0.4, -0.2) is 23.6 Å². The Morgan fingerprint density at radius 1 is 1.05 bits per heavy atom. The first kappa shape index (κ1) is 13.6. The Balaban J connectivity index is 1.90. The number of carboxylic acid groups (broad SMARTS) is 1. The predicted molar refractivity (Wildman–Crippen MR) is 74.0 cm³/mol. The van der Waals surface area contributed by atoms with Gasteiger partial charge in [0.05, 0.1) is 5.56 Å². The van der Waals surface area contributed by atoms with Gasteiger partial charge in [0.25, 0.3) is 5.91 Å². The van der Waals surface area contributed by atoms with Gasteiger partial charge in [0.1, 0.15) is 5.75 Å². The lowest BCUT2D eigenvalue weighted by Crippen LogP contribution is -2.20. The first-order valence-electron chi connectivity index (χ1n) is 5.96. The topological polar surface area (TPSA) is 75.6 Å². The number of hydrogen-bond donors (Lipinski definition) is 2. The minimum absolute atomic E-state index is 0.117. The number of ether oxygens (including phenoxy) is 1. The number of carbonyl (C=O) groups is 2. The molecule has 5 nitrogen and oxygen atoms in total. The van der Waals surface area contributed by atoms with Gasteiger partial charge in [-0.25, -0.2) is 4.79 Å². The Morgan fingerprint density at radius 3 is 2.50 bits per heavy atom. The second kappa shape index (κ2) is 6.38. The molecule has 0 aliphatic heterocycles. The molecular formula is C15H13NO4. The molecular weight excluding hydrogens is 258 g/mol. The van der Waals surface area contributed by atoms with Crippen molar-refractivity contribution in [2.45, 2.75) is 0 Å². The highest BCUT2D eigenvalue weighted by Gasteiger charge is 2.06. The van der Waals surface area contributed by atoms with Crippen molar-refractivity contribution in [2.75, 3.05) is 11.9 Å². The standard InChI is InChI=1S/C15H13NO4/c17-14(16-12-6-2-1-3-7-12)10-20-13-8-4-5-11(9-13)15(18)19/h1-9H,10H2,(H,16,17)(H,18,19). The van der Waals surface area contributed by atoms with Crippen molar-refractivity contribution in [3.8, 4) is 5.75 Å². The predicted octanol–water partition coefficient (Wildman–Crippen LogP) is 2.40. The van der Waals surface area contributed by atoms with E-state index < -0.39 is 5.97 Å². The monoisotopic (exact) mass is 271 g/mol. The molecule has 0 unspecified atom stereocenters. The van der Waals surface area contributed by atoms with Crippen LogP contribution in [0.5, 0.6) is 5.75 Å². The van der Waals surface area contributed by atoms with Gasteiger partial charge in [-0.2, -0.15) is 0 Å². The molecule has 102 valence electrons. The summed E-state index contributed by atoms with van der Waals surface area (Å²) in [6.07, 6.45) is 0. The Hall–Kier alpha value is -2.82. The van der Waals surface area contributed by atoms with Crippen LogP contribution in [0.2, 0.25) is 0 Å². The van der Waals surface area contributed by atoms with Gasteiger partial charge in [-0.05, 0) is 30.3 Å². The van der Waals surface area contributed by atoms with Gasteiger partial charge < -0.3 is 15.2 Å². The second-order valence-electron chi connectivity index (χ2n) is 4.04. The molecule has 0 radical (unpaired) electrons. The third-order valence-corrected chi connectivity index (χ3v) is 2.51. The zero-order valence-corrected chi connectivity index (χ0v) is 10.6. The summed E-state index contributed by atoms with van der Waals surface area (Å²) in [6.45, 7) is -0.183. The van der Waals surface area contributed by atoms with Crippen molar-refractivity contribution in [1.29, 1.82) is 0 Å². The number of aromatic carboxylic acids is 1. The van der Waals surface area contributed by atoms with Crippen molar-refractivity contribution in [1.82, 2.24) is 0 Å². The maximum Gasteiger partial charge on any atom is 0.335 e. The number of carboxylic acids is 1. The highest BCUT2D eigenvalue weighted by atomic mass is 16.5. The Kier molecular flexibility index (Phi) is 4.34. The molecule has 0 fully saturated rings. The summed E-state index contributed by atoms with van der Waals surface area (Å²) >= 11 is 0. The first-order valence-corrected chi connectivity index (χ1v) is 5.96. The van der Waals surface area contributed by atoms with Gasteiger partial charge in [0.15, 0.2) is 6.61 Å². The summed E-state index contributed by atoms with van der Waals surface area (Å²) in [6, 6.07) is 15.0. The number of para-hydroxylation sites is 1. The van der Waals surface area contributed by atoms with Crippen molar-refractivity contribution in [3.05, 3.63) is 60.2 Å². The average molecular weight is 271 g/mol. The quantitative estimate of drug-likeness (QED) is 0.875. The summed E-state index contributed by atoms with van der Waals surface area (Å²) < 4.78 is 5.26. The molecule has 20 heavy (non-hydrogen) atoms. The summed E-state index contributed by atoms with van der Waals surface area (Å²) in [5, 5.41) is 11.5. The van der Waals surface area contributed by atoms with Crippen LogP contribution in [-0.2, 0) is 4.79 Å². The number of carbonyl (C=O) groups excluding carboxylic acids is 1. The molecule has 0 saturated heterocycles. The van der Waals surface area contributed by atoms with Crippen LogP contribution in [0.4, 0.5) is 5.69 Å². The van der Waals surface area contributed by atoms with Crippen LogP contribution in [0.25, 0.3) is 0 Å². The fourth-order valence-corrected chi connectivity index (χ4v) is 1.59. The molecule has 5 heteroatoms. The van der Waals surface area contributed by atoms with E-state index in [0.29, 0.717) is 11.4 Å². The normalized spacial score (nSPS) is 9.80. The van der Waals surface area contributed by atoms with E-state index in [4.69, 9.17) is 9.84 Å². The van der Waals surface area contributed by atoms with E-state index in [9.17, 15) is 9.59 Å². The molecule has 1 amide bonds. The van der Waals surface area contributed by atoms with Gasteiger partial charge >= 0.3 is 5.97 Å². The van der Waals surface area contributed by atoms with Crippen molar-refractivity contribution in [3.63, 3.8) is 0 Å². The summed E-state index contributed by atoms with van der Waals surface area (Å²) in [5.41, 5.74) is 0.798. The molecule has 0 heterocycles. The fourth-order valence-electron chi connectivity index (χ4n) is 1.59. The van der Waals surface area contributed by atoms with E-state index in [2.05, 4.69) is 5.32 Å². The Labute approximate surface area is 115 Å². The molecule has 0 bridgehead atoms. The smallest absolute Gasteiger partial charge is 0.335 e. The molecule has 2 N–H and O–H groups in total. The molecule has 0 aliphatic carbocycles. The second-order valence-corrected chi connectivity index (χ2v) is 4.04. The lowest BCUT2D eigenvalue weighted by atomic mass is 10.2. The molecule has 0 atom stereocenters. The number of hydrogen-bond acceptors (Lipinski definition) is 3. The van der Waals surface area contributed by atoms with Crippen LogP contribution >= 0.6 is 0 Å². The number of benzene rings is 2. The summed E-state index contributed by atoms with van der Waals surface area (Å²) in [7, 11) is 0.